The molecule has 0 fully saturated rings. The van der Waals surface area contributed by atoms with Crippen molar-refractivity contribution < 1.29 is 14.7 Å². The summed E-state index contributed by atoms with van der Waals surface area (Å²) in [7, 11) is 0. The van der Waals surface area contributed by atoms with Gasteiger partial charge in [-0.2, -0.15) is 0 Å². The molecular weight excluding hydrogens is 170 g/mol. The van der Waals surface area contributed by atoms with Gasteiger partial charge in [0.25, 0.3) is 0 Å². The Balaban J connectivity index is 4.26. The number of aliphatic carboxylic acids is 1. The van der Waals surface area contributed by atoms with Gasteiger partial charge in [-0.3, -0.25) is 4.79 Å². The molecule has 0 aromatic heterocycles. The lowest BCUT2D eigenvalue weighted by Crippen LogP contribution is -2.53. The number of Topliss-reactive ketones (excluding diaryl/α,β-unsaturated/α-hetero) is 1. The Morgan fingerprint density at radius 1 is 1.38 bits per heavy atom. The molecular formula is C9H17NO3. The second-order valence-corrected chi connectivity index (χ2v) is 3.29. The summed E-state index contributed by atoms with van der Waals surface area (Å²) in [5.41, 5.74) is 3.80. The van der Waals surface area contributed by atoms with Gasteiger partial charge in [0, 0.05) is 0 Å². The molecule has 0 spiro atoms. The van der Waals surface area contributed by atoms with Crippen LogP contribution in [0.2, 0.25) is 0 Å². The predicted octanol–water partition coefficient (Wildman–Crippen LogP) is 0.938. The molecule has 0 heterocycles. The first kappa shape index (κ1) is 12.1. The van der Waals surface area contributed by atoms with Crippen molar-refractivity contribution in [2.24, 2.45) is 5.73 Å². The number of carboxylic acids is 1. The maximum atomic E-state index is 11.0. The topological polar surface area (TPSA) is 80.4 Å². The van der Waals surface area contributed by atoms with Crippen LogP contribution in [0, 0.1) is 0 Å². The number of hydrogen-bond acceptors (Lipinski definition) is 3. The molecule has 4 heteroatoms. The van der Waals surface area contributed by atoms with E-state index < -0.39 is 17.3 Å². The molecule has 0 aromatic carbocycles. The third kappa shape index (κ3) is 3.14. The van der Waals surface area contributed by atoms with Crippen molar-refractivity contribution in [3.05, 3.63) is 0 Å². The highest BCUT2D eigenvalue weighted by atomic mass is 16.4. The molecule has 0 aliphatic heterocycles. The molecule has 3 N–H and O–H groups in total. The first-order valence-electron chi connectivity index (χ1n) is 4.48. The Hall–Kier alpha value is -0.900. The van der Waals surface area contributed by atoms with E-state index in [-0.39, 0.29) is 6.42 Å². The van der Waals surface area contributed by atoms with E-state index in [0.717, 1.165) is 12.8 Å². The van der Waals surface area contributed by atoms with Gasteiger partial charge >= 0.3 is 5.97 Å². The lowest BCUT2D eigenvalue weighted by Gasteiger charge is -2.20. The van der Waals surface area contributed by atoms with Gasteiger partial charge in [0.05, 0.1) is 0 Å². The van der Waals surface area contributed by atoms with Crippen LogP contribution < -0.4 is 5.73 Å². The third-order valence-electron chi connectivity index (χ3n) is 2.18. The van der Waals surface area contributed by atoms with Crippen LogP contribution in [0.4, 0.5) is 0 Å². The van der Waals surface area contributed by atoms with Crippen molar-refractivity contribution in [3.8, 4) is 0 Å². The number of rotatable bonds is 6. The normalized spacial score (nSPS) is 15.0. The van der Waals surface area contributed by atoms with Crippen molar-refractivity contribution in [3.63, 3.8) is 0 Å². The van der Waals surface area contributed by atoms with Crippen LogP contribution in [0.15, 0.2) is 0 Å². The summed E-state index contributed by atoms with van der Waals surface area (Å²) in [5.74, 6) is -1.70. The van der Waals surface area contributed by atoms with E-state index in [2.05, 4.69) is 0 Å². The summed E-state index contributed by atoms with van der Waals surface area (Å²) in [6, 6.07) is 0. The molecule has 0 aliphatic rings. The molecule has 76 valence electrons. The zero-order chi connectivity index (χ0) is 10.5. The molecule has 0 aromatic rings. The van der Waals surface area contributed by atoms with E-state index in [4.69, 9.17) is 10.8 Å². The highest BCUT2D eigenvalue weighted by molar-refractivity contribution is 6.06. The van der Waals surface area contributed by atoms with E-state index in [9.17, 15) is 9.59 Å². The van der Waals surface area contributed by atoms with E-state index in [0.29, 0.717) is 6.42 Å². The average Bonchev–Trinajstić information content (AvgIpc) is 2.03. The number of carbonyl (C=O) groups is 2. The van der Waals surface area contributed by atoms with Crippen LogP contribution in [0.1, 0.15) is 39.5 Å². The van der Waals surface area contributed by atoms with Crippen LogP contribution >= 0.6 is 0 Å². The Labute approximate surface area is 78.1 Å². The van der Waals surface area contributed by atoms with Gasteiger partial charge in [0.2, 0.25) is 0 Å². The van der Waals surface area contributed by atoms with Crippen LogP contribution in [0.3, 0.4) is 0 Å². The second-order valence-electron chi connectivity index (χ2n) is 3.29. The Kier molecular flexibility index (Phi) is 4.62. The van der Waals surface area contributed by atoms with Gasteiger partial charge < -0.3 is 10.8 Å². The highest BCUT2D eigenvalue weighted by Crippen LogP contribution is 2.14. The smallest absolute Gasteiger partial charge is 0.331 e. The predicted molar refractivity (Wildman–Crippen MR) is 49.4 cm³/mol. The Morgan fingerprint density at radius 2 is 1.92 bits per heavy atom. The second kappa shape index (κ2) is 4.97. The summed E-state index contributed by atoms with van der Waals surface area (Å²) < 4.78 is 0. The van der Waals surface area contributed by atoms with Gasteiger partial charge in [-0.1, -0.05) is 26.2 Å². The lowest BCUT2D eigenvalue weighted by molar-refractivity contribution is -0.148. The highest BCUT2D eigenvalue weighted by Gasteiger charge is 2.38. The van der Waals surface area contributed by atoms with Gasteiger partial charge in [0.15, 0.2) is 11.3 Å². The van der Waals surface area contributed by atoms with Crippen LogP contribution in [-0.2, 0) is 9.59 Å². The maximum Gasteiger partial charge on any atom is 0.331 e. The van der Waals surface area contributed by atoms with Gasteiger partial charge in [-0.05, 0) is 13.3 Å². The molecule has 1 atom stereocenters. The van der Waals surface area contributed by atoms with Crippen molar-refractivity contribution >= 4 is 11.8 Å². The largest absolute Gasteiger partial charge is 0.480 e. The van der Waals surface area contributed by atoms with E-state index in [1.165, 1.54) is 6.92 Å². The molecule has 4 nitrogen and oxygen atoms in total. The minimum atomic E-state index is -1.67. The monoisotopic (exact) mass is 187 g/mol. The van der Waals surface area contributed by atoms with E-state index >= 15 is 0 Å². The average molecular weight is 187 g/mol. The molecule has 1 unspecified atom stereocenters. The number of nitrogens with two attached hydrogens (primary N) is 1. The molecule has 0 saturated carbocycles. The first-order valence-corrected chi connectivity index (χ1v) is 4.48. The quantitative estimate of drug-likeness (QED) is 0.479. The SMILES string of the molecule is CCCCCC(N)(C(C)=O)C(=O)O. The van der Waals surface area contributed by atoms with E-state index in [1.54, 1.807) is 0 Å². The fourth-order valence-electron chi connectivity index (χ4n) is 1.09. The summed E-state index contributed by atoms with van der Waals surface area (Å²) in [6.07, 6.45) is 2.79. The van der Waals surface area contributed by atoms with Crippen molar-refractivity contribution in [2.75, 3.05) is 0 Å². The van der Waals surface area contributed by atoms with Crippen LogP contribution in [-0.4, -0.2) is 22.4 Å². The minimum Gasteiger partial charge on any atom is -0.480 e. The fraction of sp³-hybridized carbons (Fsp3) is 0.778. The molecule has 0 radical (unpaired) electrons. The minimum absolute atomic E-state index is 0.228. The third-order valence-corrected chi connectivity index (χ3v) is 2.18. The van der Waals surface area contributed by atoms with Crippen molar-refractivity contribution in [1.29, 1.82) is 0 Å². The van der Waals surface area contributed by atoms with E-state index in [1.807, 2.05) is 6.92 Å². The van der Waals surface area contributed by atoms with Crippen molar-refractivity contribution in [1.82, 2.24) is 0 Å². The molecule has 0 aliphatic carbocycles. The standard InChI is InChI=1S/C9H17NO3/c1-3-4-5-6-9(10,7(2)11)8(12)13/h3-6,10H2,1-2H3,(H,12,13). The van der Waals surface area contributed by atoms with Crippen LogP contribution in [0.25, 0.3) is 0 Å². The summed E-state index contributed by atoms with van der Waals surface area (Å²) in [4.78, 5) is 21.7. The summed E-state index contributed by atoms with van der Waals surface area (Å²) in [5, 5.41) is 8.76. The fourth-order valence-corrected chi connectivity index (χ4v) is 1.09. The molecule has 13 heavy (non-hydrogen) atoms. The first-order chi connectivity index (χ1) is 5.95. The van der Waals surface area contributed by atoms with Crippen molar-refractivity contribution in [2.45, 2.75) is 45.1 Å². The summed E-state index contributed by atoms with van der Waals surface area (Å²) in [6.45, 7) is 3.23. The number of ketones is 1. The maximum absolute atomic E-state index is 11.0. The number of carbonyl (C=O) groups excluding carboxylic acids is 1. The zero-order valence-corrected chi connectivity index (χ0v) is 8.17. The Bertz CT molecular complexity index is 187. The number of hydrogen-bond donors (Lipinski definition) is 2. The number of unbranched alkanes of at least 4 members (excludes halogenated alkanes) is 2. The molecule has 0 rings (SSSR count). The molecule has 0 saturated heterocycles. The zero-order valence-electron chi connectivity index (χ0n) is 8.17. The van der Waals surface area contributed by atoms with Gasteiger partial charge in [-0.25, -0.2) is 4.79 Å². The molecule has 0 amide bonds. The summed E-state index contributed by atoms with van der Waals surface area (Å²) >= 11 is 0. The van der Waals surface area contributed by atoms with Gasteiger partial charge in [-0.15, -0.1) is 0 Å². The van der Waals surface area contributed by atoms with Crippen LogP contribution in [0.5, 0.6) is 0 Å². The molecule has 0 bridgehead atoms. The Morgan fingerprint density at radius 3 is 2.23 bits per heavy atom. The van der Waals surface area contributed by atoms with Gasteiger partial charge in [0.1, 0.15) is 0 Å². The number of carboxylic acid groups (broad SMARTS) is 1. The lowest BCUT2D eigenvalue weighted by atomic mass is 9.90.